The molecule has 1 aromatic heterocycles. The van der Waals surface area contributed by atoms with Gasteiger partial charge in [-0.05, 0) is 48.3 Å². The van der Waals surface area contributed by atoms with E-state index >= 15 is 0 Å². The van der Waals surface area contributed by atoms with E-state index in [2.05, 4.69) is 58.6 Å². The summed E-state index contributed by atoms with van der Waals surface area (Å²) in [7, 11) is 0. The molecule has 2 heterocycles. The number of nitrogens with zero attached hydrogens (tertiary/aromatic N) is 2. The number of hydrogen-bond donors (Lipinski definition) is 2. The van der Waals surface area contributed by atoms with E-state index in [4.69, 9.17) is 17.0 Å². The Morgan fingerprint density at radius 1 is 1.26 bits per heavy atom. The van der Waals surface area contributed by atoms with E-state index in [9.17, 15) is 0 Å². The molecule has 2 N–H and O–H groups in total. The molecular formula is C21H28N4OS. The fraction of sp³-hybridized carbons (Fsp3) is 0.429. The predicted molar refractivity (Wildman–Crippen MR) is 114 cm³/mol. The summed E-state index contributed by atoms with van der Waals surface area (Å²) in [6.45, 7) is 8.36. The van der Waals surface area contributed by atoms with Crippen LogP contribution in [0.1, 0.15) is 29.7 Å². The maximum atomic E-state index is 5.59. The number of nitrogens with one attached hydrogen (secondary N) is 2. The van der Waals surface area contributed by atoms with Gasteiger partial charge in [-0.25, -0.2) is 0 Å². The first-order valence-electron chi connectivity index (χ1n) is 9.54. The Kier molecular flexibility index (Phi) is 7.15. The van der Waals surface area contributed by atoms with Gasteiger partial charge in [-0.15, -0.1) is 0 Å². The number of para-hydroxylation sites is 1. The fourth-order valence-corrected chi connectivity index (χ4v) is 3.65. The fourth-order valence-electron chi connectivity index (χ4n) is 3.47. The molecule has 3 rings (SSSR count). The van der Waals surface area contributed by atoms with Gasteiger partial charge >= 0.3 is 0 Å². The van der Waals surface area contributed by atoms with Gasteiger partial charge < -0.3 is 15.4 Å². The second-order valence-electron chi connectivity index (χ2n) is 6.75. The lowest BCUT2D eigenvalue weighted by atomic mass is 10.1. The van der Waals surface area contributed by atoms with Crippen molar-refractivity contribution in [2.45, 2.75) is 26.3 Å². The summed E-state index contributed by atoms with van der Waals surface area (Å²) >= 11 is 5.59. The lowest BCUT2D eigenvalue weighted by Gasteiger charge is -2.35. The maximum Gasteiger partial charge on any atom is 0.170 e. The van der Waals surface area contributed by atoms with Crippen LogP contribution < -0.4 is 10.6 Å². The molecule has 0 radical (unpaired) electrons. The van der Waals surface area contributed by atoms with Crippen molar-refractivity contribution in [3.05, 3.63) is 59.4 Å². The highest BCUT2D eigenvalue weighted by atomic mass is 32.1. The first kappa shape index (κ1) is 19.7. The quantitative estimate of drug-likeness (QED) is 0.745. The molecule has 1 aromatic carbocycles. The largest absolute Gasteiger partial charge is 0.379 e. The van der Waals surface area contributed by atoms with E-state index in [-0.39, 0.29) is 6.04 Å². The SMILES string of the molecule is CCc1cccc(C)c1NC(=S)NC[C@H](c1cccnc1)N1CCOCC1. The average molecular weight is 385 g/mol. The molecule has 0 bridgehead atoms. The molecule has 0 aliphatic carbocycles. The van der Waals surface area contributed by atoms with Crippen LogP contribution in [-0.4, -0.2) is 47.8 Å². The molecule has 0 saturated carbocycles. The third-order valence-electron chi connectivity index (χ3n) is 4.99. The standard InChI is InChI=1S/C21H28N4OS/c1-3-17-7-4-6-16(2)20(17)24-21(27)23-15-19(18-8-5-9-22-14-18)25-10-12-26-13-11-25/h4-9,14,19H,3,10-13,15H2,1-2H3,(H2,23,24,27)/t19-/m1/s1. The Hall–Kier alpha value is -2.02. The highest BCUT2D eigenvalue weighted by molar-refractivity contribution is 7.80. The highest BCUT2D eigenvalue weighted by Crippen LogP contribution is 2.22. The van der Waals surface area contributed by atoms with Crippen molar-refractivity contribution in [2.75, 3.05) is 38.2 Å². The number of pyridine rings is 1. The molecule has 1 aliphatic rings. The molecular weight excluding hydrogens is 356 g/mol. The topological polar surface area (TPSA) is 49.4 Å². The van der Waals surface area contributed by atoms with Gasteiger partial charge in [0.25, 0.3) is 0 Å². The van der Waals surface area contributed by atoms with Crippen LogP contribution >= 0.6 is 12.2 Å². The molecule has 1 fully saturated rings. The summed E-state index contributed by atoms with van der Waals surface area (Å²) in [5.74, 6) is 0. The Morgan fingerprint density at radius 3 is 2.78 bits per heavy atom. The molecule has 0 spiro atoms. The first-order valence-corrected chi connectivity index (χ1v) is 9.95. The van der Waals surface area contributed by atoms with Crippen molar-refractivity contribution >= 4 is 23.0 Å². The normalized spacial score (nSPS) is 15.9. The zero-order chi connectivity index (χ0) is 19.1. The van der Waals surface area contributed by atoms with Crippen molar-refractivity contribution in [2.24, 2.45) is 0 Å². The summed E-state index contributed by atoms with van der Waals surface area (Å²) in [6, 6.07) is 10.7. The number of hydrogen-bond acceptors (Lipinski definition) is 4. The molecule has 1 atom stereocenters. The number of morpholine rings is 1. The summed E-state index contributed by atoms with van der Waals surface area (Å²) in [5.41, 5.74) is 4.79. The van der Waals surface area contributed by atoms with E-state index < -0.39 is 0 Å². The smallest absolute Gasteiger partial charge is 0.170 e. The summed E-state index contributed by atoms with van der Waals surface area (Å²) in [6.07, 6.45) is 4.72. The number of aryl methyl sites for hydroxylation is 2. The van der Waals surface area contributed by atoms with E-state index in [1.807, 2.05) is 18.5 Å². The molecule has 1 aliphatic heterocycles. The third-order valence-corrected chi connectivity index (χ3v) is 5.24. The van der Waals surface area contributed by atoms with Crippen LogP contribution in [0.15, 0.2) is 42.7 Å². The van der Waals surface area contributed by atoms with Gasteiger partial charge in [0.1, 0.15) is 0 Å². The van der Waals surface area contributed by atoms with Gasteiger partial charge in [-0.1, -0.05) is 31.2 Å². The Balaban J connectivity index is 1.67. The molecule has 5 nitrogen and oxygen atoms in total. The van der Waals surface area contributed by atoms with Crippen molar-refractivity contribution in [1.82, 2.24) is 15.2 Å². The monoisotopic (exact) mass is 384 g/mol. The number of ether oxygens (including phenoxy) is 1. The minimum atomic E-state index is 0.213. The average Bonchev–Trinajstić information content (AvgIpc) is 2.71. The molecule has 1 saturated heterocycles. The van der Waals surface area contributed by atoms with Crippen LogP contribution in [0, 0.1) is 6.92 Å². The minimum absolute atomic E-state index is 0.213. The summed E-state index contributed by atoms with van der Waals surface area (Å²) in [4.78, 5) is 6.73. The van der Waals surface area contributed by atoms with Crippen LogP contribution in [0.3, 0.4) is 0 Å². The Labute approximate surface area is 167 Å². The second-order valence-corrected chi connectivity index (χ2v) is 7.16. The van der Waals surface area contributed by atoms with Crippen LogP contribution in [0.4, 0.5) is 5.69 Å². The van der Waals surface area contributed by atoms with Crippen molar-refractivity contribution < 1.29 is 4.74 Å². The zero-order valence-corrected chi connectivity index (χ0v) is 16.9. The van der Waals surface area contributed by atoms with Crippen LogP contribution in [0.25, 0.3) is 0 Å². The second kappa shape index (κ2) is 9.78. The van der Waals surface area contributed by atoms with E-state index in [1.54, 1.807) is 0 Å². The molecule has 144 valence electrons. The minimum Gasteiger partial charge on any atom is -0.379 e. The molecule has 27 heavy (non-hydrogen) atoms. The summed E-state index contributed by atoms with van der Waals surface area (Å²) < 4.78 is 5.51. The molecule has 6 heteroatoms. The van der Waals surface area contributed by atoms with Crippen molar-refractivity contribution in [3.8, 4) is 0 Å². The first-order chi connectivity index (χ1) is 13.2. The lowest BCUT2D eigenvalue weighted by molar-refractivity contribution is 0.0170. The van der Waals surface area contributed by atoms with Crippen LogP contribution in [0.5, 0.6) is 0 Å². The van der Waals surface area contributed by atoms with E-state index in [0.29, 0.717) is 5.11 Å². The van der Waals surface area contributed by atoms with Crippen LogP contribution in [-0.2, 0) is 11.2 Å². The van der Waals surface area contributed by atoms with Gasteiger partial charge in [0.15, 0.2) is 5.11 Å². The highest BCUT2D eigenvalue weighted by Gasteiger charge is 2.23. The number of anilines is 1. The number of thiocarbonyl (C=S) groups is 1. The third kappa shape index (κ3) is 5.25. The molecule has 2 aromatic rings. The van der Waals surface area contributed by atoms with Gasteiger partial charge in [0.2, 0.25) is 0 Å². The van der Waals surface area contributed by atoms with Gasteiger partial charge in [-0.2, -0.15) is 0 Å². The predicted octanol–water partition coefficient (Wildman–Crippen LogP) is 3.31. The Morgan fingerprint density at radius 2 is 2.07 bits per heavy atom. The number of benzene rings is 1. The Bertz CT molecular complexity index is 747. The zero-order valence-electron chi connectivity index (χ0n) is 16.1. The molecule has 0 unspecified atom stereocenters. The van der Waals surface area contributed by atoms with Crippen LogP contribution in [0.2, 0.25) is 0 Å². The van der Waals surface area contributed by atoms with Crippen molar-refractivity contribution in [1.29, 1.82) is 0 Å². The van der Waals surface area contributed by atoms with Crippen molar-refractivity contribution in [3.63, 3.8) is 0 Å². The van der Waals surface area contributed by atoms with E-state index in [1.165, 1.54) is 16.7 Å². The summed E-state index contributed by atoms with van der Waals surface area (Å²) in [5, 5.41) is 7.47. The number of rotatable bonds is 6. The maximum absolute atomic E-state index is 5.59. The van der Waals surface area contributed by atoms with Gasteiger partial charge in [0, 0.05) is 37.7 Å². The number of aromatic nitrogens is 1. The van der Waals surface area contributed by atoms with E-state index in [0.717, 1.165) is 45.0 Å². The van der Waals surface area contributed by atoms with Gasteiger partial charge in [0.05, 0.1) is 19.3 Å². The molecule has 0 amide bonds. The van der Waals surface area contributed by atoms with Gasteiger partial charge in [-0.3, -0.25) is 9.88 Å². The lowest BCUT2D eigenvalue weighted by Crippen LogP contribution is -2.44.